The number of thioether (sulfide) groups is 1. The van der Waals surface area contributed by atoms with Crippen LogP contribution in [0.5, 0.6) is 0 Å². The van der Waals surface area contributed by atoms with E-state index in [1.807, 2.05) is 7.05 Å². The number of aryl methyl sites for hydroxylation is 1. The highest BCUT2D eigenvalue weighted by Crippen LogP contribution is 2.29. The molecular weight excluding hydrogens is 331 g/mol. The van der Waals surface area contributed by atoms with Crippen LogP contribution in [-0.4, -0.2) is 43.3 Å². The molecule has 24 heavy (non-hydrogen) atoms. The summed E-state index contributed by atoms with van der Waals surface area (Å²) >= 11 is 1.32. The number of amides is 2. The number of nitrogens with zero attached hydrogens (tertiary/aromatic N) is 4. The van der Waals surface area contributed by atoms with E-state index >= 15 is 0 Å². The van der Waals surface area contributed by atoms with Crippen LogP contribution in [-0.2, 0) is 11.8 Å². The standard InChI is InChI=1S/C16H17FN4O2S/c1-20-10-18-19-16(20)24-13-4-2-3-9-21(15(13)23)14(22)11-5-7-12(17)8-6-11/h5-8,10,13H,2-4,9H2,1H3. The molecule has 2 aromatic rings. The topological polar surface area (TPSA) is 68.1 Å². The molecule has 6 nitrogen and oxygen atoms in total. The second kappa shape index (κ2) is 7.12. The third-order valence-corrected chi connectivity index (χ3v) is 5.20. The third-order valence-electron chi connectivity index (χ3n) is 3.89. The minimum absolute atomic E-state index is 0.227. The van der Waals surface area contributed by atoms with Gasteiger partial charge in [0.1, 0.15) is 12.1 Å². The van der Waals surface area contributed by atoms with E-state index in [1.54, 1.807) is 10.9 Å². The molecule has 1 aromatic carbocycles. The molecule has 0 saturated carbocycles. The summed E-state index contributed by atoms with van der Waals surface area (Å²) in [7, 11) is 1.81. The van der Waals surface area contributed by atoms with Crippen LogP contribution in [0, 0.1) is 5.82 Å². The van der Waals surface area contributed by atoms with Crippen LogP contribution < -0.4 is 0 Å². The Morgan fingerprint density at radius 3 is 2.71 bits per heavy atom. The van der Waals surface area contributed by atoms with Crippen molar-refractivity contribution in [3.05, 3.63) is 42.0 Å². The van der Waals surface area contributed by atoms with E-state index in [1.165, 1.54) is 40.9 Å². The summed E-state index contributed by atoms with van der Waals surface area (Å²) in [5.74, 6) is -1.02. The highest BCUT2D eigenvalue weighted by molar-refractivity contribution is 8.00. The van der Waals surface area contributed by atoms with Gasteiger partial charge in [-0.2, -0.15) is 0 Å². The highest BCUT2D eigenvalue weighted by Gasteiger charge is 2.33. The minimum atomic E-state index is -0.413. The minimum Gasteiger partial charge on any atom is -0.312 e. The Hall–Kier alpha value is -2.22. The van der Waals surface area contributed by atoms with Crippen molar-refractivity contribution in [2.45, 2.75) is 29.7 Å². The molecule has 1 unspecified atom stereocenters. The molecule has 0 bridgehead atoms. The lowest BCUT2D eigenvalue weighted by Gasteiger charge is -2.22. The van der Waals surface area contributed by atoms with E-state index in [4.69, 9.17) is 0 Å². The molecule has 1 fully saturated rings. The molecule has 2 heterocycles. The number of benzene rings is 1. The lowest BCUT2D eigenvalue weighted by atomic mass is 10.2. The molecule has 1 saturated heterocycles. The van der Waals surface area contributed by atoms with Crippen molar-refractivity contribution in [1.29, 1.82) is 0 Å². The second-order valence-electron chi connectivity index (χ2n) is 5.63. The van der Waals surface area contributed by atoms with Crippen LogP contribution in [0.3, 0.4) is 0 Å². The first-order valence-electron chi connectivity index (χ1n) is 7.68. The molecule has 8 heteroatoms. The maximum atomic E-state index is 13.0. The van der Waals surface area contributed by atoms with Crippen LogP contribution in [0.25, 0.3) is 0 Å². The Morgan fingerprint density at radius 1 is 1.29 bits per heavy atom. The predicted octanol–water partition coefficient (Wildman–Crippen LogP) is 2.27. The van der Waals surface area contributed by atoms with Gasteiger partial charge in [-0.3, -0.25) is 14.5 Å². The zero-order valence-electron chi connectivity index (χ0n) is 13.2. The fraction of sp³-hybridized carbons (Fsp3) is 0.375. The van der Waals surface area contributed by atoms with Gasteiger partial charge >= 0.3 is 0 Å². The number of rotatable bonds is 3. The lowest BCUT2D eigenvalue weighted by Crippen LogP contribution is -2.41. The van der Waals surface area contributed by atoms with Crippen molar-refractivity contribution in [1.82, 2.24) is 19.7 Å². The summed E-state index contributed by atoms with van der Waals surface area (Å²) in [4.78, 5) is 26.7. The van der Waals surface area contributed by atoms with Crippen molar-refractivity contribution in [2.24, 2.45) is 7.05 Å². The van der Waals surface area contributed by atoms with E-state index in [2.05, 4.69) is 10.2 Å². The lowest BCUT2D eigenvalue weighted by molar-refractivity contribution is -0.127. The van der Waals surface area contributed by atoms with E-state index < -0.39 is 5.82 Å². The quantitative estimate of drug-likeness (QED) is 0.796. The van der Waals surface area contributed by atoms with Crippen molar-refractivity contribution < 1.29 is 14.0 Å². The Kier molecular flexibility index (Phi) is 4.94. The highest BCUT2D eigenvalue weighted by atomic mass is 32.2. The molecule has 3 rings (SSSR count). The zero-order chi connectivity index (χ0) is 17.1. The number of carbonyl (C=O) groups excluding carboxylic acids is 2. The van der Waals surface area contributed by atoms with E-state index in [0.717, 1.165) is 12.8 Å². The Labute approximate surface area is 143 Å². The summed E-state index contributed by atoms with van der Waals surface area (Å²) in [5.41, 5.74) is 0.314. The molecule has 0 spiro atoms. The van der Waals surface area contributed by atoms with Gasteiger partial charge in [0.25, 0.3) is 5.91 Å². The van der Waals surface area contributed by atoms with Crippen LogP contribution in [0.4, 0.5) is 4.39 Å². The number of halogens is 1. The van der Waals surface area contributed by atoms with Gasteiger partial charge < -0.3 is 4.57 Å². The number of hydrogen-bond donors (Lipinski definition) is 0. The first-order valence-corrected chi connectivity index (χ1v) is 8.56. The second-order valence-corrected chi connectivity index (χ2v) is 6.80. The van der Waals surface area contributed by atoms with E-state index in [9.17, 15) is 14.0 Å². The van der Waals surface area contributed by atoms with Crippen molar-refractivity contribution in [3.8, 4) is 0 Å². The molecule has 0 N–H and O–H groups in total. The van der Waals surface area contributed by atoms with Crippen molar-refractivity contribution in [3.63, 3.8) is 0 Å². The van der Waals surface area contributed by atoms with Crippen LogP contribution in [0.2, 0.25) is 0 Å². The van der Waals surface area contributed by atoms with E-state index in [-0.39, 0.29) is 17.1 Å². The smallest absolute Gasteiger partial charge is 0.260 e. The fourth-order valence-electron chi connectivity index (χ4n) is 2.57. The molecular formula is C16H17FN4O2S. The van der Waals surface area contributed by atoms with Gasteiger partial charge in [0.2, 0.25) is 5.91 Å². The van der Waals surface area contributed by atoms with Gasteiger partial charge in [-0.05, 0) is 37.1 Å². The molecule has 1 atom stereocenters. The Morgan fingerprint density at radius 2 is 2.04 bits per heavy atom. The summed E-state index contributed by atoms with van der Waals surface area (Å²) in [6.45, 7) is 0.380. The number of imide groups is 1. The molecule has 1 aliphatic heterocycles. The molecule has 0 aliphatic carbocycles. The summed E-state index contributed by atoms with van der Waals surface area (Å²) in [5, 5.41) is 8.07. The Bertz CT molecular complexity index is 747. The monoisotopic (exact) mass is 348 g/mol. The number of aromatic nitrogens is 3. The molecule has 0 radical (unpaired) electrons. The van der Waals surface area contributed by atoms with Crippen molar-refractivity contribution in [2.75, 3.05) is 6.54 Å². The summed E-state index contributed by atoms with van der Waals surface area (Å²) in [6.07, 6.45) is 3.87. The number of carbonyl (C=O) groups is 2. The number of hydrogen-bond acceptors (Lipinski definition) is 5. The first-order chi connectivity index (χ1) is 11.6. The number of likely N-dealkylation sites (tertiary alicyclic amines) is 1. The maximum Gasteiger partial charge on any atom is 0.260 e. The normalized spacial score (nSPS) is 18.5. The van der Waals surface area contributed by atoms with Gasteiger partial charge in [-0.25, -0.2) is 4.39 Å². The van der Waals surface area contributed by atoms with Crippen LogP contribution in [0.1, 0.15) is 29.6 Å². The van der Waals surface area contributed by atoms with Gasteiger partial charge in [-0.1, -0.05) is 18.2 Å². The summed E-state index contributed by atoms with van der Waals surface area (Å²) < 4.78 is 14.8. The Balaban J connectivity index is 1.79. The average molecular weight is 348 g/mol. The van der Waals surface area contributed by atoms with Gasteiger partial charge in [0.05, 0.1) is 5.25 Å². The van der Waals surface area contributed by atoms with Crippen LogP contribution in [0.15, 0.2) is 35.7 Å². The van der Waals surface area contributed by atoms with Gasteiger partial charge in [0, 0.05) is 19.2 Å². The SMILES string of the molecule is Cn1cnnc1SC1CCCCN(C(=O)c2ccc(F)cc2)C1=O. The van der Waals surface area contributed by atoms with Crippen molar-refractivity contribution >= 4 is 23.6 Å². The van der Waals surface area contributed by atoms with E-state index in [0.29, 0.717) is 23.7 Å². The van der Waals surface area contributed by atoms with Crippen LogP contribution >= 0.6 is 11.8 Å². The van der Waals surface area contributed by atoms with Gasteiger partial charge in [-0.15, -0.1) is 10.2 Å². The largest absolute Gasteiger partial charge is 0.312 e. The predicted molar refractivity (Wildman–Crippen MR) is 86.9 cm³/mol. The molecule has 126 valence electrons. The molecule has 2 amide bonds. The molecule has 1 aromatic heterocycles. The third kappa shape index (κ3) is 3.48. The average Bonchev–Trinajstić information content (AvgIpc) is 2.88. The van der Waals surface area contributed by atoms with Gasteiger partial charge in [0.15, 0.2) is 5.16 Å². The maximum absolute atomic E-state index is 13.0. The summed E-state index contributed by atoms with van der Waals surface area (Å²) in [6, 6.07) is 5.25. The first kappa shape index (κ1) is 16.6. The fourth-order valence-corrected chi connectivity index (χ4v) is 3.65. The zero-order valence-corrected chi connectivity index (χ0v) is 14.0. The molecule has 1 aliphatic rings.